The summed E-state index contributed by atoms with van der Waals surface area (Å²) >= 11 is 1.57. The van der Waals surface area contributed by atoms with Gasteiger partial charge in [-0.15, -0.1) is 16.4 Å². The van der Waals surface area contributed by atoms with Crippen LogP contribution in [0.25, 0.3) is 0 Å². The van der Waals surface area contributed by atoms with Crippen LogP contribution in [0.2, 0.25) is 0 Å². The van der Waals surface area contributed by atoms with Crippen molar-refractivity contribution in [2.45, 2.75) is 45.7 Å². The Labute approximate surface area is 156 Å². The summed E-state index contributed by atoms with van der Waals surface area (Å²) in [5, 5.41) is 10.9. The van der Waals surface area contributed by atoms with Crippen LogP contribution in [0.15, 0.2) is 17.8 Å². The quantitative estimate of drug-likeness (QED) is 0.770. The van der Waals surface area contributed by atoms with Crippen LogP contribution in [-0.4, -0.2) is 61.2 Å². The van der Waals surface area contributed by atoms with Gasteiger partial charge in [-0.2, -0.15) is 0 Å². The molecule has 1 fully saturated rings. The van der Waals surface area contributed by atoms with Crippen molar-refractivity contribution in [3.63, 3.8) is 0 Å². The van der Waals surface area contributed by atoms with E-state index in [1.807, 2.05) is 24.1 Å². The van der Waals surface area contributed by atoms with Crippen molar-refractivity contribution in [3.8, 4) is 0 Å². The maximum Gasteiger partial charge on any atom is 0.276 e. The van der Waals surface area contributed by atoms with Crippen LogP contribution >= 0.6 is 11.3 Å². The number of likely N-dealkylation sites (N-methyl/N-ethyl adjacent to an activating group) is 1. The molecule has 1 saturated heterocycles. The molecule has 26 heavy (non-hydrogen) atoms. The molecule has 3 rings (SSSR count). The molecule has 8 nitrogen and oxygen atoms in total. The van der Waals surface area contributed by atoms with Crippen LogP contribution < -0.4 is 0 Å². The summed E-state index contributed by atoms with van der Waals surface area (Å²) in [6, 6.07) is -0.00120. The molecule has 0 N–H and O–H groups in total. The molecule has 0 bridgehead atoms. The summed E-state index contributed by atoms with van der Waals surface area (Å²) < 4.78 is 1.44. The number of amides is 2. The van der Waals surface area contributed by atoms with E-state index in [2.05, 4.69) is 15.3 Å². The summed E-state index contributed by atoms with van der Waals surface area (Å²) in [4.78, 5) is 33.1. The second kappa shape index (κ2) is 8.39. The first kappa shape index (κ1) is 18.5. The second-order valence-corrected chi connectivity index (χ2v) is 7.17. The summed E-state index contributed by atoms with van der Waals surface area (Å²) in [7, 11) is 0. The molecule has 0 spiro atoms. The highest BCUT2D eigenvalue weighted by Gasteiger charge is 2.31. The summed E-state index contributed by atoms with van der Waals surface area (Å²) in [5.74, 6) is -0.177. The van der Waals surface area contributed by atoms with E-state index >= 15 is 0 Å². The number of thiazole rings is 1. The van der Waals surface area contributed by atoms with Crippen molar-refractivity contribution in [2.75, 3.05) is 19.6 Å². The Hall–Kier alpha value is -2.29. The minimum absolute atomic E-state index is 0.00120. The third-order valence-corrected chi connectivity index (χ3v) is 5.55. The van der Waals surface area contributed by atoms with Crippen molar-refractivity contribution in [1.82, 2.24) is 29.8 Å². The van der Waals surface area contributed by atoms with Gasteiger partial charge in [0.15, 0.2) is 5.69 Å². The van der Waals surface area contributed by atoms with Crippen LogP contribution in [0.5, 0.6) is 0 Å². The molecule has 0 saturated carbocycles. The first-order valence-electron chi connectivity index (χ1n) is 9.02. The predicted octanol–water partition coefficient (Wildman–Crippen LogP) is 1.97. The highest BCUT2D eigenvalue weighted by atomic mass is 32.1. The lowest BCUT2D eigenvalue weighted by Gasteiger charge is -2.33. The monoisotopic (exact) mass is 376 g/mol. The first-order chi connectivity index (χ1) is 12.6. The molecule has 2 aromatic rings. The lowest BCUT2D eigenvalue weighted by atomic mass is 10.0. The predicted molar refractivity (Wildman–Crippen MR) is 97.7 cm³/mol. The van der Waals surface area contributed by atoms with Gasteiger partial charge < -0.3 is 9.80 Å². The molecule has 140 valence electrons. The number of hydrogen-bond donors (Lipinski definition) is 0. The number of piperidine rings is 1. The smallest absolute Gasteiger partial charge is 0.276 e. The minimum atomic E-state index is -0.147. The van der Waals surface area contributed by atoms with Crippen LogP contribution in [0.4, 0.5) is 0 Å². The van der Waals surface area contributed by atoms with Crippen LogP contribution in [-0.2, 0) is 11.3 Å². The zero-order chi connectivity index (χ0) is 18.5. The fraction of sp³-hybridized carbons (Fsp3) is 0.588. The number of carbonyl (C=O) groups is 2. The molecule has 0 unspecified atom stereocenters. The van der Waals surface area contributed by atoms with Gasteiger partial charge in [-0.25, -0.2) is 9.67 Å². The Morgan fingerprint density at radius 2 is 2.12 bits per heavy atom. The molecule has 0 radical (unpaired) electrons. The fourth-order valence-electron chi connectivity index (χ4n) is 3.27. The Morgan fingerprint density at radius 3 is 2.81 bits per heavy atom. The van der Waals surface area contributed by atoms with E-state index in [-0.39, 0.29) is 30.1 Å². The zero-order valence-corrected chi connectivity index (χ0v) is 16.0. The Kier molecular flexibility index (Phi) is 5.97. The number of likely N-dealkylation sites (tertiary alicyclic amines) is 1. The van der Waals surface area contributed by atoms with Crippen LogP contribution in [0, 0.1) is 0 Å². The molecule has 1 aliphatic rings. The molecular weight excluding hydrogens is 352 g/mol. The maximum atomic E-state index is 12.9. The molecule has 2 aromatic heterocycles. The van der Waals surface area contributed by atoms with Gasteiger partial charge in [0.1, 0.15) is 11.6 Å². The van der Waals surface area contributed by atoms with Gasteiger partial charge in [0, 0.05) is 31.2 Å². The topological polar surface area (TPSA) is 84.2 Å². The Bertz CT molecular complexity index is 740. The molecular formula is C17H24N6O2S. The molecule has 2 amide bonds. The van der Waals surface area contributed by atoms with Crippen molar-refractivity contribution in [1.29, 1.82) is 0 Å². The molecule has 3 heterocycles. The third-order valence-electron chi connectivity index (χ3n) is 4.67. The highest BCUT2D eigenvalue weighted by Crippen LogP contribution is 2.32. The maximum absolute atomic E-state index is 12.9. The van der Waals surface area contributed by atoms with E-state index < -0.39 is 0 Å². The standard InChI is InChI=1S/C17H24N6O2S/c1-3-21(4-2)15(24)12-22-11-13(19-20-22)17(25)23-9-6-5-7-14(23)16-18-8-10-26-16/h8,10-11,14H,3-7,9,12H2,1-2H3/t14-/m0/s1. The summed E-state index contributed by atoms with van der Waals surface area (Å²) in [6.07, 6.45) is 6.30. The highest BCUT2D eigenvalue weighted by molar-refractivity contribution is 7.09. The molecule has 1 aliphatic heterocycles. The molecule has 0 aromatic carbocycles. The fourth-order valence-corrected chi connectivity index (χ4v) is 4.05. The van der Waals surface area contributed by atoms with Crippen LogP contribution in [0.3, 0.4) is 0 Å². The van der Waals surface area contributed by atoms with Gasteiger partial charge in [-0.1, -0.05) is 5.21 Å². The summed E-state index contributed by atoms with van der Waals surface area (Å²) in [5.41, 5.74) is 0.279. The number of hydrogen-bond acceptors (Lipinski definition) is 6. The van der Waals surface area contributed by atoms with Gasteiger partial charge in [-0.05, 0) is 33.1 Å². The largest absolute Gasteiger partial charge is 0.342 e. The number of nitrogens with zero attached hydrogens (tertiary/aromatic N) is 6. The Morgan fingerprint density at radius 1 is 1.31 bits per heavy atom. The molecule has 0 aliphatic carbocycles. The lowest BCUT2D eigenvalue weighted by Crippen LogP contribution is -2.38. The van der Waals surface area contributed by atoms with Gasteiger partial charge in [0.2, 0.25) is 5.91 Å². The third kappa shape index (κ3) is 3.92. The van der Waals surface area contributed by atoms with Crippen molar-refractivity contribution < 1.29 is 9.59 Å². The lowest BCUT2D eigenvalue weighted by molar-refractivity contribution is -0.131. The zero-order valence-electron chi connectivity index (χ0n) is 15.2. The van der Waals surface area contributed by atoms with Crippen molar-refractivity contribution in [2.24, 2.45) is 0 Å². The SMILES string of the molecule is CCN(CC)C(=O)Cn1cc(C(=O)N2CCCC[C@H]2c2nccs2)nn1. The average Bonchev–Trinajstić information content (AvgIpc) is 3.34. The van der Waals surface area contributed by atoms with Gasteiger partial charge in [0.05, 0.1) is 12.2 Å². The number of carbonyl (C=O) groups excluding carboxylic acids is 2. The van der Waals surface area contributed by atoms with E-state index in [0.717, 1.165) is 24.3 Å². The second-order valence-electron chi connectivity index (χ2n) is 6.25. The number of rotatable bonds is 6. The van der Waals surface area contributed by atoms with Crippen molar-refractivity contribution in [3.05, 3.63) is 28.5 Å². The molecule has 9 heteroatoms. The minimum Gasteiger partial charge on any atom is -0.342 e. The Balaban J connectivity index is 1.71. The average molecular weight is 376 g/mol. The van der Waals surface area contributed by atoms with Crippen LogP contribution in [0.1, 0.15) is 54.6 Å². The van der Waals surface area contributed by atoms with Gasteiger partial charge in [-0.3, -0.25) is 9.59 Å². The molecule has 1 atom stereocenters. The van der Waals surface area contributed by atoms with Gasteiger partial charge in [0.25, 0.3) is 5.91 Å². The summed E-state index contributed by atoms with van der Waals surface area (Å²) in [6.45, 7) is 5.96. The first-order valence-corrected chi connectivity index (χ1v) is 9.90. The van der Waals surface area contributed by atoms with E-state index in [4.69, 9.17) is 0 Å². The van der Waals surface area contributed by atoms with E-state index in [9.17, 15) is 9.59 Å². The number of aromatic nitrogens is 4. The normalized spacial score (nSPS) is 17.3. The van der Waals surface area contributed by atoms with E-state index in [0.29, 0.717) is 19.6 Å². The van der Waals surface area contributed by atoms with E-state index in [1.54, 1.807) is 28.6 Å². The van der Waals surface area contributed by atoms with Gasteiger partial charge >= 0.3 is 0 Å². The van der Waals surface area contributed by atoms with E-state index in [1.165, 1.54) is 4.68 Å². The van der Waals surface area contributed by atoms with Crippen molar-refractivity contribution >= 4 is 23.2 Å².